The Labute approximate surface area is 138 Å². The van der Waals surface area contributed by atoms with Crippen molar-refractivity contribution in [1.82, 2.24) is 0 Å². The monoisotopic (exact) mass is 315 g/mol. The Morgan fingerprint density at radius 2 is 1.83 bits per heavy atom. The Kier molecular flexibility index (Phi) is 5.85. The number of aliphatic hydroxyl groups is 1. The largest absolute Gasteiger partial charge is 0.508 e. The van der Waals surface area contributed by atoms with Gasteiger partial charge in [-0.05, 0) is 62.4 Å². The summed E-state index contributed by atoms with van der Waals surface area (Å²) in [7, 11) is 3.35. The maximum Gasteiger partial charge on any atom is 0.122 e. The van der Waals surface area contributed by atoms with Gasteiger partial charge in [-0.1, -0.05) is 6.08 Å². The van der Waals surface area contributed by atoms with E-state index in [0.29, 0.717) is 12.3 Å². The van der Waals surface area contributed by atoms with Crippen molar-refractivity contribution in [3.63, 3.8) is 0 Å². The van der Waals surface area contributed by atoms with Crippen LogP contribution in [-0.2, 0) is 6.42 Å². The zero-order chi connectivity index (χ0) is 16.8. The van der Waals surface area contributed by atoms with Gasteiger partial charge >= 0.3 is 0 Å². The van der Waals surface area contributed by atoms with E-state index in [2.05, 4.69) is 4.99 Å². The molecule has 0 saturated carbocycles. The molecule has 1 aromatic rings. The van der Waals surface area contributed by atoms with Crippen LogP contribution in [0.15, 0.2) is 40.6 Å². The molecule has 1 N–H and O–H groups in total. The van der Waals surface area contributed by atoms with Crippen molar-refractivity contribution < 1.29 is 14.6 Å². The third-order valence-corrected chi connectivity index (χ3v) is 4.05. The number of methoxy groups -OCH3 is 2. The predicted molar refractivity (Wildman–Crippen MR) is 94.0 cm³/mol. The minimum absolute atomic E-state index is 0.340. The second-order valence-corrected chi connectivity index (χ2v) is 5.64. The van der Waals surface area contributed by atoms with Gasteiger partial charge in [0.15, 0.2) is 0 Å². The Balaban J connectivity index is 2.10. The molecule has 0 heterocycles. The van der Waals surface area contributed by atoms with Gasteiger partial charge in [0.25, 0.3) is 0 Å². The van der Waals surface area contributed by atoms with E-state index in [0.717, 1.165) is 53.2 Å². The van der Waals surface area contributed by atoms with Crippen LogP contribution in [0.1, 0.15) is 30.9 Å². The van der Waals surface area contributed by atoms with E-state index in [1.807, 2.05) is 38.1 Å². The Morgan fingerprint density at radius 1 is 1.13 bits per heavy atom. The summed E-state index contributed by atoms with van der Waals surface area (Å²) < 4.78 is 10.8. The molecule has 0 spiro atoms. The van der Waals surface area contributed by atoms with E-state index in [1.54, 1.807) is 14.2 Å². The van der Waals surface area contributed by atoms with E-state index in [-0.39, 0.29) is 0 Å². The molecular formula is C19H25NO3. The third kappa shape index (κ3) is 4.15. The molecule has 0 aromatic heterocycles. The standard InChI is InChI=1S/C19H25NO3/c1-13-11-19(23-4)15(12-18(13)22-3)9-10-20-14(2)16-7-5-6-8-17(16)21/h7-8,11-12,21H,5-6,9-10H2,1-4H3. The zero-order valence-electron chi connectivity index (χ0n) is 14.3. The van der Waals surface area contributed by atoms with E-state index in [4.69, 9.17) is 9.47 Å². The molecule has 0 aliphatic heterocycles. The first-order valence-corrected chi connectivity index (χ1v) is 7.89. The minimum Gasteiger partial charge on any atom is -0.508 e. The number of aliphatic imine (C=N–C) groups is 1. The molecule has 1 aliphatic carbocycles. The molecule has 23 heavy (non-hydrogen) atoms. The number of hydrogen-bond acceptors (Lipinski definition) is 4. The van der Waals surface area contributed by atoms with Crippen molar-refractivity contribution in [3.05, 3.63) is 46.7 Å². The van der Waals surface area contributed by atoms with E-state index in [9.17, 15) is 5.11 Å². The summed E-state index contributed by atoms with van der Waals surface area (Å²) in [5, 5.41) is 9.91. The van der Waals surface area contributed by atoms with Crippen molar-refractivity contribution in [2.24, 2.45) is 4.99 Å². The summed E-state index contributed by atoms with van der Waals surface area (Å²) in [6, 6.07) is 4.00. The summed E-state index contributed by atoms with van der Waals surface area (Å²) in [5.41, 5.74) is 3.85. The molecule has 4 heteroatoms. The molecule has 0 unspecified atom stereocenters. The van der Waals surface area contributed by atoms with Crippen LogP contribution < -0.4 is 9.47 Å². The van der Waals surface area contributed by atoms with Crippen molar-refractivity contribution in [2.45, 2.75) is 33.1 Å². The molecule has 0 atom stereocenters. The minimum atomic E-state index is 0.340. The molecule has 1 aliphatic rings. The molecule has 124 valence electrons. The summed E-state index contributed by atoms with van der Waals surface area (Å²) >= 11 is 0. The van der Waals surface area contributed by atoms with Crippen LogP contribution >= 0.6 is 0 Å². The summed E-state index contributed by atoms with van der Waals surface area (Å²) in [5.74, 6) is 2.06. The van der Waals surface area contributed by atoms with Gasteiger partial charge in [-0.3, -0.25) is 4.99 Å². The molecule has 0 radical (unpaired) electrons. The number of rotatable bonds is 6. The van der Waals surface area contributed by atoms with Crippen molar-refractivity contribution in [1.29, 1.82) is 0 Å². The topological polar surface area (TPSA) is 51.0 Å². The molecule has 4 nitrogen and oxygen atoms in total. The predicted octanol–water partition coefficient (Wildman–Crippen LogP) is 4.18. The van der Waals surface area contributed by atoms with Crippen molar-refractivity contribution in [3.8, 4) is 11.5 Å². The second kappa shape index (κ2) is 7.86. The van der Waals surface area contributed by atoms with Crippen LogP contribution in [0.25, 0.3) is 0 Å². The van der Waals surface area contributed by atoms with Crippen LogP contribution in [-0.4, -0.2) is 31.6 Å². The lowest BCUT2D eigenvalue weighted by Gasteiger charge is -2.13. The summed E-state index contributed by atoms with van der Waals surface area (Å²) in [6.07, 6.45) is 6.50. The zero-order valence-corrected chi connectivity index (χ0v) is 14.3. The number of allylic oxidation sites excluding steroid dienone is 3. The molecular weight excluding hydrogens is 290 g/mol. The van der Waals surface area contributed by atoms with Gasteiger partial charge in [0.1, 0.15) is 17.3 Å². The second-order valence-electron chi connectivity index (χ2n) is 5.64. The van der Waals surface area contributed by atoms with Crippen LogP contribution in [0.5, 0.6) is 11.5 Å². The number of ether oxygens (including phenoxy) is 2. The lowest BCUT2D eigenvalue weighted by atomic mass is 10.0. The number of nitrogens with zero attached hydrogens (tertiary/aromatic N) is 1. The van der Waals surface area contributed by atoms with Gasteiger partial charge in [-0.2, -0.15) is 0 Å². The van der Waals surface area contributed by atoms with Gasteiger partial charge in [0.05, 0.1) is 14.2 Å². The molecule has 2 rings (SSSR count). The first-order valence-electron chi connectivity index (χ1n) is 7.89. The molecule has 1 aromatic carbocycles. The van der Waals surface area contributed by atoms with Crippen LogP contribution in [0.2, 0.25) is 0 Å². The fraction of sp³-hybridized carbons (Fsp3) is 0.421. The Bertz CT molecular complexity index is 657. The Morgan fingerprint density at radius 3 is 2.48 bits per heavy atom. The van der Waals surface area contributed by atoms with Crippen molar-refractivity contribution in [2.75, 3.05) is 20.8 Å². The quantitative estimate of drug-likeness (QED) is 0.801. The summed E-state index contributed by atoms with van der Waals surface area (Å²) in [6.45, 7) is 4.57. The van der Waals surface area contributed by atoms with Crippen LogP contribution in [0.3, 0.4) is 0 Å². The third-order valence-electron chi connectivity index (χ3n) is 4.05. The number of hydrogen-bond donors (Lipinski definition) is 1. The average Bonchev–Trinajstić information content (AvgIpc) is 2.56. The number of benzene rings is 1. The highest BCUT2D eigenvalue weighted by Gasteiger charge is 2.11. The first-order chi connectivity index (χ1) is 11.1. The van der Waals surface area contributed by atoms with Crippen LogP contribution in [0, 0.1) is 6.92 Å². The lowest BCUT2D eigenvalue weighted by molar-refractivity contribution is 0.396. The van der Waals surface area contributed by atoms with Gasteiger partial charge in [0, 0.05) is 17.8 Å². The van der Waals surface area contributed by atoms with Crippen molar-refractivity contribution >= 4 is 5.71 Å². The molecule has 0 fully saturated rings. The molecule has 0 saturated heterocycles. The van der Waals surface area contributed by atoms with E-state index >= 15 is 0 Å². The van der Waals surface area contributed by atoms with Gasteiger partial charge < -0.3 is 14.6 Å². The van der Waals surface area contributed by atoms with Gasteiger partial charge in [-0.25, -0.2) is 0 Å². The van der Waals surface area contributed by atoms with Crippen LogP contribution in [0.4, 0.5) is 0 Å². The lowest BCUT2D eigenvalue weighted by Crippen LogP contribution is -2.06. The first kappa shape index (κ1) is 17.1. The number of aryl methyl sites for hydroxylation is 1. The van der Waals surface area contributed by atoms with E-state index in [1.165, 1.54) is 0 Å². The normalized spacial score (nSPS) is 15.0. The highest BCUT2D eigenvalue weighted by molar-refractivity contribution is 6.01. The highest BCUT2D eigenvalue weighted by Crippen LogP contribution is 2.28. The highest BCUT2D eigenvalue weighted by atomic mass is 16.5. The fourth-order valence-corrected chi connectivity index (χ4v) is 2.73. The summed E-state index contributed by atoms with van der Waals surface area (Å²) in [4.78, 5) is 4.60. The maximum absolute atomic E-state index is 9.91. The maximum atomic E-state index is 9.91. The van der Waals surface area contributed by atoms with Gasteiger partial charge in [-0.15, -0.1) is 0 Å². The van der Waals surface area contributed by atoms with E-state index < -0.39 is 0 Å². The number of aliphatic hydroxyl groups excluding tert-OH is 1. The van der Waals surface area contributed by atoms with Gasteiger partial charge in [0.2, 0.25) is 0 Å². The average molecular weight is 315 g/mol. The molecule has 0 bridgehead atoms. The SMILES string of the molecule is COc1cc(CCN=C(C)C2=CCCC=C2O)c(OC)cc1C. The fourth-order valence-electron chi connectivity index (χ4n) is 2.73. The smallest absolute Gasteiger partial charge is 0.122 e. The Hall–Kier alpha value is -2.23. The molecule has 0 amide bonds.